The third kappa shape index (κ3) is 5.08. The average Bonchev–Trinajstić information content (AvgIpc) is 3.82. The van der Waals surface area contributed by atoms with E-state index in [4.69, 9.17) is 9.97 Å². The van der Waals surface area contributed by atoms with Crippen molar-refractivity contribution < 1.29 is 0 Å². The molecule has 272 valence electrons. The van der Waals surface area contributed by atoms with Crippen molar-refractivity contribution in [2.45, 2.75) is 12.3 Å². The van der Waals surface area contributed by atoms with Crippen LogP contribution in [-0.4, -0.2) is 14.5 Å². The summed E-state index contributed by atoms with van der Waals surface area (Å²) >= 11 is 0. The van der Waals surface area contributed by atoms with Crippen molar-refractivity contribution >= 4 is 60.4 Å². The predicted molar refractivity (Wildman–Crippen MR) is 241 cm³/mol. The van der Waals surface area contributed by atoms with E-state index in [2.05, 4.69) is 210 Å². The maximum atomic E-state index is 5.43. The molecule has 1 atom stereocenters. The fourth-order valence-corrected chi connectivity index (χ4v) is 9.44. The van der Waals surface area contributed by atoms with Gasteiger partial charge in [-0.1, -0.05) is 152 Å². The molecule has 1 aliphatic carbocycles. The molecule has 0 saturated heterocycles. The topological polar surface area (TPSA) is 34.0 Å². The second kappa shape index (κ2) is 13.0. The van der Waals surface area contributed by atoms with Gasteiger partial charge in [0.1, 0.15) is 0 Å². The normalized spacial score (nSPS) is 14.8. The lowest BCUT2D eigenvalue weighted by molar-refractivity contribution is 0.832. The van der Waals surface area contributed by atoms with E-state index in [1.165, 1.54) is 66.4 Å². The molecule has 4 heteroatoms. The summed E-state index contributed by atoms with van der Waals surface area (Å²) in [6, 6.07) is 67.4. The first-order valence-electron chi connectivity index (χ1n) is 20.0. The van der Waals surface area contributed by atoms with Crippen molar-refractivity contribution in [1.82, 2.24) is 14.5 Å². The third-order valence-electron chi connectivity index (χ3n) is 12.1. The highest BCUT2D eigenvalue weighted by Gasteiger charge is 2.36. The molecule has 0 N–H and O–H groups in total. The Hall–Kier alpha value is -7.56. The van der Waals surface area contributed by atoms with Gasteiger partial charge >= 0.3 is 0 Å². The van der Waals surface area contributed by atoms with Gasteiger partial charge in [0.05, 0.1) is 22.2 Å². The fraction of sp³-hybridized carbons (Fsp3) is 0.0370. The molecule has 0 fully saturated rings. The van der Waals surface area contributed by atoms with Crippen LogP contribution in [0.1, 0.15) is 23.5 Å². The van der Waals surface area contributed by atoms with Crippen LogP contribution in [0.4, 0.5) is 11.4 Å². The van der Waals surface area contributed by atoms with E-state index < -0.39 is 0 Å². The predicted octanol–water partition coefficient (Wildman–Crippen LogP) is 13.8. The molecule has 10 aromatic rings. The lowest BCUT2D eigenvalue weighted by Crippen LogP contribution is -2.15. The minimum absolute atomic E-state index is 0.278. The van der Waals surface area contributed by atoms with Crippen LogP contribution in [0.2, 0.25) is 0 Å². The molecule has 12 rings (SSSR count). The number of nitrogens with zero attached hydrogens (tertiary/aromatic N) is 4. The van der Waals surface area contributed by atoms with Gasteiger partial charge in [-0.05, 0) is 93.6 Å². The molecule has 0 spiro atoms. The Labute approximate surface area is 336 Å². The second-order valence-corrected chi connectivity index (χ2v) is 15.4. The minimum atomic E-state index is 0.278. The van der Waals surface area contributed by atoms with E-state index in [1.54, 1.807) is 0 Å². The van der Waals surface area contributed by atoms with E-state index in [-0.39, 0.29) is 5.92 Å². The summed E-state index contributed by atoms with van der Waals surface area (Å²) in [5.74, 6) is 0.942. The van der Waals surface area contributed by atoms with E-state index in [9.17, 15) is 0 Å². The summed E-state index contributed by atoms with van der Waals surface area (Å²) in [5, 5.41) is 5.88. The van der Waals surface area contributed by atoms with Crippen molar-refractivity contribution in [1.29, 1.82) is 0 Å². The average molecular weight is 741 g/mol. The fourth-order valence-electron chi connectivity index (χ4n) is 9.44. The molecule has 58 heavy (non-hydrogen) atoms. The number of para-hydroxylation sites is 3. The summed E-state index contributed by atoms with van der Waals surface area (Å²) in [7, 11) is 0. The Morgan fingerprint density at radius 2 is 1.16 bits per heavy atom. The zero-order chi connectivity index (χ0) is 38.2. The Morgan fingerprint density at radius 1 is 0.483 bits per heavy atom. The molecule has 1 aliphatic heterocycles. The molecule has 0 saturated carbocycles. The zero-order valence-electron chi connectivity index (χ0n) is 31.6. The van der Waals surface area contributed by atoms with E-state index in [0.29, 0.717) is 5.95 Å². The van der Waals surface area contributed by atoms with Gasteiger partial charge in [0, 0.05) is 44.7 Å². The lowest BCUT2D eigenvalue weighted by atomic mass is 9.84. The largest absolute Gasteiger partial charge is 0.313 e. The number of fused-ring (bicyclic) bond motifs is 9. The summed E-state index contributed by atoms with van der Waals surface area (Å²) in [5.41, 5.74) is 15.2. The Balaban J connectivity index is 1.03. The molecule has 0 bridgehead atoms. The highest BCUT2D eigenvalue weighted by Crippen LogP contribution is 2.53. The number of rotatable bonds is 5. The maximum absolute atomic E-state index is 5.43. The van der Waals surface area contributed by atoms with Crippen LogP contribution in [0.15, 0.2) is 206 Å². The number of hydrogen-bond acceptors (Lipinski definition) is 3. The highest BCUT2D eigenvalue weighted by atomic mass is 15.2. The van der Waals surface area contributed by atoms with Gasteiger partial charge in [-0.3, -0.25) is 4.57 Å². The lowest BCUT2D eigenvalue weighted by Gasteiger charge is -2.26. The summed E-state index contributed by atoms with van der Waals surface area (Å²) < 4.78 is 2.27. The number of allylic oxidation sites excluding steroid dienone is 4. The zero-order valence-corrected chi connectivity index (χ0v) is 31.6. The quantitative estimate of drug-likeness (QED) is 0.176. The Kier molecular flexibility index (Phi) is 7.32. The SMILES string of the molecule is C1=C(c2ccc3c(c2)c2c4ccccc4ccc2n3-c2nc(-c3ccc(-c4ccccc4)cc3)c3ccccc3n2)CC2C(=C1)N(c1ccccc1)c1ccccc12. The van der Waals surface area contributed by atoms with Gasteiger partial charge in [-0.15, -0.1) is 0 Å². The van der Waals surface area contributed by atoms with Crippen LogP contribution in [-0.2, 0) is 0 Å². The molecule has 2 aromatic heterocycles. The van der Waals surface area contributed by atoms with Crippen LogP contribution < -0.4 is 4.90 Å². The van der Waals surface area contributed by atoms with E-state index in [1.807, 2.05) is 0 Å². The Bertz CT molecular complexity index is 3300. The molecule has 1 unspecified atom stereocenters. The monoisotopic (exact) mass is 740 g/mol. The van der Waals surface area contributed by atoms with Crippen LogP contribution in [0, 0.1) is 0 Å². The molecule has 0 radical (unpaired) electrons. The number of benzene rings is 8. The first-order valence-corrected chi connectivity index (χ1v) is 20.0. The summed E-state index contributed by atoms with van der Waals surface area (Å²) in [6.07, 6.45) is 5.61. The van der Waals surface area contributed by atoms with Crippen molar-refractivity contribution in [2.75, 3.05) is 4.90 Å². The van der Waals surface area contributed by atoms with Crippen molar-refractivity contribution in [3.63, 3.8) is 0 Å². The number of anilines is 2. The molecular weight excluding hydrogens is 705 g/mol. The van der Waals surface area contributed by atoms with Crippen molar-refractivity contribution in [3.8, 4) is 28.3 Å². The summed E-state index contributed by atoms with van der Waals surface area (Å²) in [4.78, 5) is 13.1. The third-order valence-corrected chi connectivity index (χ3v) is 12.1. The molecule has 2 aliphatic rings. The second-order valence-electron chi connectivity index (χ2n) is 15.4. The van der Waals surface area contributed by atoms with Gasteiger partial charge in [0.2, 0.25) is 5.95 Å². The van der Waals surface area contributed by atoms with Crippen LogP contribution in [0.5, 0.6) is 0 Å². The van der Waals surface area contributed by atoms with E-state index >= 15 is 0 Å². The van der Waals surface area contributed by atoms with Crippen molar-refractivity contribution in [2.24, 2.45) is 0 Å². The smallest absolute Gasteiger partial charge is 0.235 e. The highest BCUT2D eigenvalue weighted by molar-refractivity contribution is 6.21. The van der Waals surface area contributed by atoms with Crippen molar-refractivity contribution in [3.05, 3.63) is 217 Å². The molecule has 0 amide bonds. The van der Waals surface area contributed by atoms with Gasteiger partial charge in [0.25, 0.3) is 0 Å². The number of aromatic nitrogens is 3. The standard InChI is InChI=1S/C54H36N4/c1-3-13-35(14-4-1)36-23-25-38(26-24-36)53-44-20-9-11-21-47(44)55-54(56-53)58-50-31-29-40(34-46(50)52-42-18-8-7-15-37(42)27-32-51(52)58)39-28-30-49-45(33-39)43-19-10-12-22-48(43)57(49)41-16-5-2-6-17-41/h1-32,34,45H,33H2. The first-order chi connectivity index (χ1) is 28.8. The van der Waals surface area contributed by atoms with Gasteiger partial charge in [-0.25, -0.2) is 9.97 Å². The van der Waals surface area contributed by atoms with Crippen LogP contribution in [0.3, 0.4) is 0 Å². The molecule has 4 nitrogen and oxygen atoms in total. The Morgan fingerprint density at radius 3 is 2.02 bits per heavy atom. The van der Waals surface area contributed by atoms with Gasteiger partial charge < -0.3 is 4.90 Å². The first kappa shape index (κ1) is 32.7. The maximum Gasteiger partial charge on any atom is 0.235 e. The van der Waals surface area contributed by atoms with Crippen LogP contribution in [0.25, 0.3) is 77.4 Å². The van der Waals surface area contributed by atoms with Crippen LogP contribution >= 0.6 is 0 Å². The van der Waals surface area contributed by atoms with Gasteiger partial charge in [0.15, 0.2) is 0 Å². The number of hydrogen-bond donors (Lipinski definition) is 0. The van der Waals surface area contributed by atoms with E-state index in [0.717, 1.165) is 39.6 Å². The molecule has 3 heterocycles. The van der Waals surface area contributed by atoms with Gasteiger partial charge in [-0.2, -0.15) is 0 Å². The molecular formula is C54H36N4. The molecule has 8 aromatic carbocycles. The summed E-state index contributed by atoms with van der Waals surface area (Å²) in [6.45, 7) is 0. The minimum Gasteiger partial charge on any atom is -0.313 e.